The summed E-state index contributed by atoms with van der Waals surface area (Å²) in [7, 11) is 0. The van der Waals surface area contributed by atoms with Crippen LogP contribution in [0.1, 0.15) is 0 Å². The van der Waals surface area contributed by atoms with Gasteiger partial charge in [0.1, 0.15) is 5.82 Å². The van der Waals surface area contributed by atoms with Crippen LogP contribution in [0.2, 0.25) is 0 Å². The van der Waals surface area contributed by atoms with Crippen LogP contribution in [0.5, 0.6) is 0 Å². The van der Waals surface area contributed by atoms with E-state index < -0.39 is 0 Å². The smallest absolute Gasteiger partial charge is 0.162 e. The van der Waals surface area contributed by atoms with E-state index in [4.69, 9.17) is 0 Å². The van der Waals surface area contributed by atoms with Crippen molar-refractivity contribution in [2.75, 3.05) is 49.1 Å². The third-order valence-electron chi connectivity index (χ3n) is 4.34. The first kappa shape index (κ1) is 13.0. The molecular weight excluding hydrogens is 284 g/mol. The van der Waals surface area contributed by atoms with Crippen LogP contribution in [0.4, 0.5) is 11.6 Å². The predicted octanol–water partition coefficient (Wildman–Crippen LogP) is 0.944. The monoisotopic (exact) mass is 302 g/mol. The first-order valence-electron chi connectivity index (χ1n) is 7.33. The van der Waals surface area contributed by atoms with Gasteiger partial charge in [-0.1, -0.05) is 6.07 Å². The van der Waals surface area contributed by atoms with E-state index in [1.165, 1.54) is 11.7 Å². The molecule has 0 aromatic carbocycles. The van der Waals surface area contributed by atoms with Crippen molar-refractivity contribution in [2.24, 2.45) is 0 Å². The van der Waals surface area contributed by atoms with Crippen LogP contribution < -0.4 is 9.80 Å². The Morgan fingerprint density at radius 1 is 1.00 bits per heavy atom. The number of rotatable bonds is 3. The average Bonchev–Trinajstić information content (AvgIpc) is 3.01. The quantitative estimate of drug-likeness (QED) is 0.841. The lowest BCUT2D eigenvalue weighted by Gasteiger charge is -2.48. The molecule has 6 nitrogen and oxygen atoms in total. The molecule has 21 heavy (non-hydrogen) atoms. The highest BCUT2D eigenvalue weighted by molar-refractivity contribution is 6.99. The van der Waals surface area contributed by atoms with Crippen molar-refractivity contribution < 1.29 is 0 Å². The van der Waals surface area contributed by atoms with E-state index >= 15 is 0 Å². The Labute approximate surface area is 128 Å². The second kappa shape index (κ2) is 5.57. The zero-order valence-corrected chi connectivity index (χ0v) is 12.6. The summed E-state index contributed by atoms with van der Waals surface area (Å²) in [6.45, 7) is 6.51. The molecule has 0 bridgehead atoms. The van der Waals surface area contributed by atoms with Crippen molar-refractivity contribution in [1.82, 2.24) is 18.6 Å². The normalized spacial score (nSPS) is 20.6. The molecule has 0 amide bonds. The third-order valence-corrected chi connectivity index (χ3v) is 4.81. The van der Waals surface area contributed by atoms with E-state index in [9.17, 15) is 0 Å². The molecule has 4 rings (SSSR count). The molecule has 0 aliphatic carbocycles. The first-order chi connectivity index (χ1) is 10.4. The zero-order valence-electron chi connectivity index (χ0n) is 11.8. The van der Waals surface area contributed by atoms with Gasteiger partial charge in [0, 0.05) is 51.5 Å². The summed E-state index contributed by atoms with van der Waals surface area (Å²) in [6.07, 6.45) is 3.73. The fourth-order valence-electron chi connectivity index (χ4n) is 3.03. The van der Waals surface area contributed by atoms with Crippen molar-refractivity contribution in [2.45, 2.75) is 6.04 Å². The summed E-state index contributed by atoms with van der Waals surface area (Å²) < 4.78 is 8.36. The van der Waals surface area contributed by atoms with Gasteiger partial charge in [0.2, 0.25) is 0 Å². The van der Waals surface area contributed by atoms with Crippen LogP contribution in [0.15, 0.2) is 30.6 Å². The second-order valence-electron chi connectivity index (χ2n) is 5.54. The highest BCUT2D eigenvalue weighted by Gasteiger charge is 2.34. The van der Waals surface area contributed by atoms with E-state index in [0.29, 0.717) is 6.04 Å². The minimum Gasteiger partial charge on any atom is -0.354 e. The predicted molar refractivity (Wildman–Crippen MR) is 83.9 cm³/mol. The van der Waals surface area contributed by atoms with Crippen molar-refractivity contribution in [3.05, 3.63) is 30.6 Å². The van der Waals surface area contributed by atoms with Crippen LogP contribution in [-0.2, 0) is 0 Å². The topological polar surface area (TPSA) is 48.4 Å². The van der Waals surface area contributed by atoms with Gasteiger partial charge in [-0.25, -0.2) is 4.98 Å². The Morgan fingerprint density at radius 2 is 1.86 bits per heavy atom. The lowest BCUT2D eigenvalue weighted by Crippen LogP contribution is -2.63. The van der Waals surface area contributed by atoms with Gasteiger partial charge in [-0.15, -0.1) is 0 Å². The number of hydrogen-bond donors (Lipinski definition) is 0. The van der Waals surface area contributed by atoms with Gasteiger partial charge in [-0.05, 0) is 12.1 Å². The maximum atomic E-state index is 4.44. The SMILES string of the molecule is c1ccc(N2CCN(C3CN(c4cnsn4)C3)CC2)nc1. The molecular formula is C14H18N6S. The molecule has 110 valence electrons. The van der Waals surface area contributed by atoms with E-state index in [1.54, 1.807) is 0 Å². The molecule has 0 radical (unpaired) electrons. The van der Waals surface area contributed by atoms with Gasteiger partial charge in [-0.3, -0.25) is 4.90 Å². The summed E-state index contributed by atoms with van der Waals surface area (Å²) in [4.78, 5) is 11.7. The minimum atomic E-state index is 0.664. The Balaban J connectivity index is 1.29. The lowest BCUT2D eigenvalue weighted by atomic mass is 10.1. The van der Waals surface area contributed by atoms with Gasteiger partial charge in [0.15, 0.2) is 5.82 Å². The second-order valence-corrected chi connectivity index (χ2v) is 6.09. The van der Waals surface area contributed by atoms with Crippen LogP contribution in [0.3, 0.4) is 0 Å². The molecule has 7 heteroatoms. The molecule has 2 saturated heterocycles. The number of nitrogens with zero attached hydrogens (tertiary/aromatic N) is 6. The molecule has 4 heterocycles. The molecule has 0 unspecified atom stereocenters. The van der Waals surface area contributed by atoms with Gasteiger partial charge < -0.3 is 9.80 Å². The average molecular weight is 302 g/mol. The molecule has 0 spiro atoms. The number of hydrogen-bond acceptors (Lipinski definition) is 7. The highest BCUT2D eigenvalue weighted by atomic mass is 32.1. The van der Waals surface area contributed by atoms with E-state index in [1.807, 2.05) is 18.5 Å². The summed E-state index contributed by atoms with van der Waals surface area (Å²) >= 11 is 1.28. The Hall–Kier alpha value is -1.73. The van der Waals surface area contributed by atoms with Gasteiger partial charge >= 0.3 is 0 Å². The summed E-state index contributed by atoms with van der Waals surface area (Å²) in [5, 5.41) is 0. The summed E-state index contributed by atoms with van der Waals surface area (Å²) in [5.74, 6) is 2.13. The molecule has 2 aromatic rings. The van der Waals surface area contributed by atoms with Crippen LogP contribution in [0, 0.1) is 0 Å². The first-order valence-corrected chi connectivity index (χ1v) is 8.06. The van der Waals surface area contributed by atoms with Crippen LogP contribution in [-0.4, -0.2) is 63.9 Å². The van der Waals surface area contributed by atoms with Gasteiger partial charge in [0.25, 0.3) is 0 Å². The number of anilines is 2. The lowest BCUT2D eigenvalue weighted by molar-refractivity contribution is 0.156. The Bertz CT molecular complexity index is 560. The molecule has 2 aliphatic rings. The largest absolute Gasteiger partial charge is 0.354 e. The fourth-order valence-corrected chi connectivity index (χ4v) is 3.46. The van der Waals surface area contributed by atoms with E-state index in [0.717, 1.165) is 50.9 Å². The maximum absolute atomic E-state index is 4.44. The van der Waals surface area contributed by atoms with Crippen LogP contribution >= 0.6 is 11.7 Å². The summed E-state index contributed by atoms with van der Waals surface area (Å²) in [5.41, 5.74) is 0. The van der Waals surface area contributed by atoms with Crippen molar-refractivity contribution in [1.29, 1.82) is 0 Å². The minimum absolute atomic E-state index is 0.664. The molecule has 2 aliphatic heterocycles. The zero-order chi connectivity index (χ0) is 14.1. The van der Waals surface area contributed by atoms with Crippen LogP contribution in [0.25, 0.3) is 0 Å². The fraction of sp³-hybridized carbons (Fsp3) is 0.500. The number of pyridine rings is 1. The molecule has 0 saturated carbocycles. The third kappa shape index (κ3) is 2.58. The van der Waals surface area contributed by atoms with Crippen molar-refractivity contribution in [3.63, 3.8) is 0 Å². The molecule has 0 N–H and O–H groups in total. The van der Waals surface area contributed by atoms with Crippen molar-refractivity contribution >= 4 is 23.4 Å². The molecule has 2 aromatic heterocycles. The van der Waals surface area contributed by atoms with E-state index in [2.05, 4.69) is 40.6 Å². The van der Waals surface area contributed by atoms with Gasteiger partial charge in [0.05, 0.1) is 17.9 Å². The van der Waals surface area contributed by atoms with E-state index in [-0.39, 0.29) is 0 Å². The molecule has 0 atom stereocenters. The molecule has 2 fully saturated rings. The Kier molecular flexibility index (Phi) is 3.44. The number of aromatic nitrogens is 3. The highest BCUT2D eigenvalue weighted by Crippen LogP contribution is 2.23. The van der Waals surface area contributed by atoms with Gasteiger partial charge in [-0.2, -0.15) is 8.75 Å². The number of piperazine rings is 1. The standard InChI is InChI=1S/C14H18N6S/c1-2-4-15-13(3-1)19-7-5-18(6-8-19)12-10-20(11-12)14-9-16-21-17-14/h1-4,9,12H,5-8,10-11H2. The Morgan fingerprint density at radius 3 is 2.52 bits per heavy atom. The van der Waals surface area contributed by atoms with Crippen molar-refractivity contribution in [3.8, 4) is 0 Å². The maximum Gasteiger partial charge on any atom is 0.162 e. The summed E-state index contributed by atoms with van der Waals surface area (Å²) in [6, 6.07) is 6.78.